The summed E-state index contributed by atoms with van der Waals surface area (Å²) in [5.41, 5.74) is 3.15. The zero-order valence-corrected chi connectivity index (χ0v) is 17.7. The Morgan fingerprint density at radius 3 is 2.38 bits per heavy atom. The third-order valence-electron chi connectivity index (χ3n) is 5.91. The standard InChI is InChI=1S/C23H30N2O4/c1-5-23(11-12-25(15-23)14-18-9-7-6-8-10-18)29-22(27)20-13-19(21(26)28-4)16(2)24-17(20)3/h6-10,24H,5,11-15H2,1-4H3. The van der Waals surface area contributed by atoms with Crippen LogP contribution in [0.3, 0.4) is 0 Å². The Kier molecular flexibility index (Phi) is 6.42. The molecule has 1 aromatic rings. The van der Waals surface area contributed by atoms with Crippen molar-refractivity contribution in [2.45, 2.75) is 52.2 Å². The van der Waals surface area contributed by atoms with Crippen molar-refractivity contribution < 1.29 is 19.1 Å². The normalized spacial score (nSPS) is 22.5. The van der Waals surface area contributed by atoms with Crippen molar-refractivity contribution >= 4 is 11.9 Å². The first-order valence-corrected chi connectivity index (χ1v) is 10.1. The SMILES string of the molecule is CCC1(OC(=O)C2=C(C)NC(C)=C(C(=O)OC)C2)CCN(Cc2ccccc2)C1. The van der Waals surface area contributed by atoms with Gasteiger partial charge in [0.15, 0.2) is 0 Å². The third-order valence-corrected chi connectivity index (χ3v) is 5.91. The lowest BCUT2D eigenvalue weighted by Crippen LogP contribution is -2.39. The van der Waals surface area contributed by atoms with Crippen LogP contribution in [-0.2, 0) is 25.6 Å². The maximum absolute atomic E-state index is 13.0. The number of rotatable bonds is 6. The van der Waals surface area contributed by atoms with Gasteiger partial charge >= 0.3 is 11.9 Å². The number of hydrogen-bond donors (Lipinski definition) is 1. The van der Waals surface area contributed by atoms with E-state index >= 15 is 0 Å². The van der Waals surface area contributed by atoms with Crippen molar-refractivity contribution in [3.05, 3.63) is 58.4 Å². The number of hydrogen-bond acceptors (Lipinski definition) is 6. The van der Waals surface area contributed by atoms with Crippen LogP contribution in [0, 0.1) is 0 Å². The molecule has 1 atom stereocenters. The van der Waals surface area contributed by atoms with Gasteiger partial charge in [-0.3, -0.25) is 4.90 Å². The summed E-state index contributed by atoms with van der Waals surface area (Å²) in [5, 5.41) is 3.12. The minimum absolute atomic E-state index is 0.226. The molecule has 1 fully saturated rings. The number of likely N-dealkylation sites (tertiary alicyclic amines) is 1. The molecule has 0 bridgehead atoms. The Hall–Kier alpha value is -2.60. The van der Waals surface area contributed by atoms with E-state index in [2.05, 4.69) is 29.3 Å². The van der Waals surface area contributed by atoms with Gasteiger partial charge in [-0.1, -0.05) is 37.3 Å². The molecule has 6 nitrogen and oxygen atoms in total. The zero-order valence-electron chi connectivity index (χ0n) is 17.7. The van der Waals surface area contributed by atoms with Gasteiger partial charge in [-0.2, -0.15) is 0 Å². The average Bonchev–Trinajstić information content (AvgIpc) is 3.11. The van der Waals surface area contributed by atoms with E-state index in [1.807, 2.05) is 32.0 Å². The molecule has 29 heavy (non-hydrogen) atoms. The van der Waals surface area contributed by atoms with Crippen molar-refractivity contribution in [2.75, 3.05) is 20.2 Å². The summed E-state index contributed by atoms with van der Waals surface area (Å²) in [7, 11) is 1.34. The average molecular weight is 399 g/mol. The summed E-state index contributed by atoms with van der Waals surface area (Å²) in [5.74, 6) is -0.778. The smallest absolute Gasteiger partial charge is 0.336 e. The molecule has 0 spiro atoms. The maximum atomic E-state index is 13.0. The van der Waals surface area contributed by atoms with E-state index in [0.717, 1.165) is 31.6 Å². The van der Waals surface area contributed by atoms with Crippen LogP contribution in [-0.4, -0.2) is 42.6 Å². The quantitative estimate of drug-likeness (QED) is 0.742. The Morgan fingerprint density at radius 1 is 1.10 bits per heavy atom. The first kappa shape index (κ1) is 21.1. The van der Waals surface area contributed by atoms with Crippen LogP contribution in [0.25, 0.3) is 0 Å². The third kappa shape index (κ3) is 4.70. The molecule has 156 valence electrons. The number of methoxy groups -OCH3 is 1. The summed E-state index contributed by atoms with van der Waals surface area (Å²) < 4.78 is 10.9. The van der Waals surface area contributed by atoms with Crippen molar-refractivity contribution in [1.82, 2.24) is 10.2 Å². The minimum Gasteiger partial charge on any atom is -0.466 e. The van der Waals surface area contributed by atoms with Gasteiger partial charge in [0.25, 0.3) is 0 Å². The molecule has 2 heterocycles. The van der Waals surface area contributed by atoms with E-state index in [-0.39, 0.29) is 12.4 Å². The van der Waals surface area contributed by atoms with Crippen LogP contribution in [0.5, 0.6) is 0 Å². The molecule has 1 aromatic carbocycles. The van der Waals surface area contributed by atoms with Gasteiger partial charge in [-0.05, 0) is 25.8 Å². The highest BCUT2D eigenvalue weighted by Crippen LogP contribution is 2.33. The van der Waals surface area contributed by atoms with E-state index < -0.39 is 11.6 Å². The monoisotopic (exact) mass is 398 g/mol. The Labute approximate surface area is 172 Å². The first-order chi connectivity index (χ1) is 13.9. The highest BCUT2D eigenvalue weighted by Gasteiger charge is 2.41. The number of dihydropyridines is 1. The van der Waals surface area contributed by atoms with Gasteiger partial charge in [-0.15, -0.1) is 0 Å². The first-order valence-electron chi connectivity index (χ1n) is 10.1. The molecule has 2 aliphatic heterocycles. The van der Waals surface area contributed by atoms with Gasteiger partial charge in [0.05, 0.1) is 18.3 Å². The number of nitrogens with one attached hydrogen (secondary N) is 1. The highest BCUT2D eigenvalue weighted by molar-refractivity contribution is 5.96. The Bertz CT molecular complexity index is 844. The topological polar surface area (TPSA) is 67.9 Å². The number of esters is 2. The number of nitrogens with zero attached hydrogens (tertiary/aromatic N) is 1. The molecule has 1 saturated heterocycles. The summed E-state index contributed by atoms with van der Waals surface area (Å²) in [6.07, 6.45) is 1.78. The van der Waals surface area contributed by atoms with E-state index in [1.54, 1.807) is 0 Å². The molecule has 3 rings (SSSR count). The fourth-order valence-corrected chi connectivity index (χ4v) is 4.05. The summed E-state index contributed by atoms with van der Waals surface area (Å²) in [6.45, 7) is 8.15. The maximum Gasteiger partial charge on any atom is 0.336 e. The Balaban J connectivity index is 1.68. The molecular weight excluding hydrogens is 368 g/mol. The predicted octanol–water partition coefficient (Wildman–Crippen LogP) is 3.30. The largest absolute Gasteiger partial charge is 0.466 e. The van der Waals surface area contributed by atoms with Crippen LogP contribution in [0.1, 0.15) is 45.6 Å². The van der Waals surface area contributed by atoms with Gasteiger partial charge in [0, 0.05) is 43.9 Å². The number of ether oxygens (including phenoxy) is 2. The molecule has 0 amide bonds. The van der Waals surface area contributed by atoms with Crippen molar-refractivity contribution in [2.24, 2.45) is 0 Å². The second-order valence-electron chi connectivity index (χ2n) is 7.87. The molecule has 0 aromatic heterocycles. The number of carbonyl (C=O) groups is 2. The number of allylic oxidation sites excluding steroid dienone is 2. The molecule has 1 N–H and O–H groups in total. The van der Waals surface area contributed by atoms with E-state index in [4.69, 9.17) is 9.47 Å². The van der Waals surface area contributed by atoms with Crippen molar-refractivity contribution in [1.29, 1.82) is 0 Å². The fourth-order valence-electron chi connectivity index (χ4n) is 4.05. The van der Waals surface area contributed by atoms with Gasteiger partial charge < -0.3 is 14.8 Å². The molecule has 0 aliphatic carbocycles. The van der Waals surface area contributed by atoms with E-state index in [9.17, 15) is 9.59 Å². The van der Waals surface area contributed by atoms with Gasteiger partial charge in [0.1, 0.15) is 5.60 Å². The molecule has 0 radical (unpaired) electrons. The lowest BCUT2D eigenvalue weighted by Gasteiger charge is -2.30. The van der Waals surface area contributed by atoms with Gasteiger partial charge in [-0.25, -0.2) is 9.59 Å². The van der Waals surface area contributed by atoms with Crippen LogP contribution in [0.15, 0.2) is 52.9 Å². The number of benzene rings is 1. The number of carbonyl (C=O) groups excluding carboxylic acids is 2. The highest BCUT2D eigenvalue weighted by atomic mass is 16.6. The summed E-state index contributed by atoms with van der Waals surface area (Å²) >= 11 is 0. The van der Waals surface area contributed by atoms with Crippen LogP contribution >= 0.6 is 0 Å². The van der Waals surface area contributed by atoms with Gasteiger partial charge in [0.2, 0.25) is 0 Å². The fraction of sp³-hybridized carbons (Fsp3) is 0.478. The molecule has 1 unspecified atom stereocenters. The van der Waals surface area contributed by atoms with E-state index in [1.165, 1.54) is 12.7 Å². The van der Waals surface area contributed by atoms with Crippen LogP contribution < -0.4 is 5.32 Å². The second kappa shape index (κ2) is 8.82. The predicted molar refractivity (Wildman–Crippen MR) is 111 cm³/mol. The van der Waals surface area contributed by atoms with Crippen LogP contribution in [0.4, 0.5) is 0 Å². The summed E-state index contributed by atoms with van der Waals surface area (Å²) in [6, 6.07) is 10.3. The minimum atomic E-state index is -0.499. The zero-order chi connectivity index (χ0) is 21.0. The Morgan fingerprint density at radius 2 is 1.76 bits per heavy atom. The van der Waals surface area contributed by atoms with Crippen molar-refractivity contribution in [3.8, 4) is 0 Å². The molecule has 2 aliphatic rings. The molecule has 0 saturated carbocycles. The van der Waals surface area contributed by atoms with Crippen LogP contribution in [0.2, 0.25) is 0 Å². The summed E-state index contributed by atoms with van der Waals surface area (Å²) in [4.78, 5) is 27.4. The lowest BCUT2D eigenvalue weighted by molar-refractivity contribution is -0.154. The second-order valence-corrected chi connectivity index (χ2v) is 7.87. The molecular formula is C23H30N2O4. The lowest BCUT2D eigenvalue weighted by atomic mass is 9.96. The van der Waals surface area contributed by atoms with Crippen molar-refractivity contribution in [3.63, 3.8) is 0 Å². The van der Waals surface area contributed by atoms with E-state index in [0.29, 0.717) is 23.4 Å². The molecule has 6 heteroatoms.